The predicted octanol–water partition coefficient (Wildman–Crippen LogP) is 6.33. The Morgan fingerprint density at radius 1 is 1.14 bits per heavy atom. The van der Waals surface area contributed by atoms with Gasteiger partial charge in [-0.25, -0.2) is 13.8 Å². The summed E-state index contributed by atoms with van der Waals surface area (Å²) in [7, 11) is 0. The fourth-order valence-corrected chi connectivity index (χ4v) is 6.59. The van der Waals surface area contributed by atoms with Crippen LogP contribution in [0.2, 0.25) is 0 Å². The zero-order chi connectivity index (χ0) is 28.8. The minimum absolute atomic E-state index is 0. The average Bonchev–Trinajstić information content (AvgIpc) is 3.50. The van der Waals surface area contributed by atoms with E-state index < -0.39 is 12.0 Å². The molecule has 2 aromatic carbocycles. The summed E-state index contributed by atoms with van der Waals surface area (Å²) >= 11 is 0. The molecular weight excluding hydrogens is 538 g/mol. The molecule has 8 rings (SSSR count). The monoisotopic (exact) mass is 572 g/mol. The van der Waals surface area contributed by atoms with Crippen LogP contribution < -0.4 is 19.7 Å². The van der Waals surface area contributed by atoms with Crippen molar-refractivity contribution in [2.75, 3.05) is 31.2 Å². The highest BCUT2D eigenvalue weighted by Crippen LogP contribution is 2.43. The summed E-state index contributed by atoms with van der Waals surface area (Å²) in [5.41, 5.74) is 1.24. The van der Waals surface area contributed by atoms with E-state index in [0.717, 1.165) is 35.9 Å². The Bertz CT molecular complexity index is 1750. The maximum Gasteiger partial charge on any atom is 0.319 e. The van der Waals surface area contributed by atoms with E-state index in [-0.39, 0.29) is 43.3 Å². The van der Waals surface area contributed by atoms with Crippen LogP contribution in [0.4, 0.5) is 14.6 Å². The molecule has 0 amide bonds. The van der Waals surface area contributed by atoms with Gasteiger partial charge in [0.2, 0.25) is 5.88 Å². The molecule has 2 fully saturated rings. The van der Waals surface area contributed by atoms with Crippen LogP contribution >= 0.6 is 0 Å². The largest absolute Gasteiger partial charge is 0.471 e. The fraction of sp³-hybridized carbons (Fsp3) is 0.344. The molecule has 6 heterocycles. The third kappa shape index (κ3) is 4.24. The molecule has 0 aliphatic carbocycles. The number of nitrogens with one attached hydrogen (secondary N) is 1. The van der Waals surface area contributed by atoms with E-state index in [1.165, 1.54) is 0 Å². The maximum atomic E-state index is 16.6. The lowest BCUT2D eigenvalue weighted by Gasteiger charge is -2.31. The molecule has 0 unspecified atom stereocenters. The lowest BCUT2D eigenvalue weighted by Crippen LogP contribution is -2.43. The summed E-state index contributed by atoms with van der Waals surface area (Å²) in [5.74, 6) is 0.0910. The molecule has 0 radical (unpaired) electrons. The van der Waals surface area contributed by atoms with Gasteiger partial charge < -0.3 is 14.8 Å². The van der Waals surface area contributed by atoms with E-state index in [1.807, 2.05) is 61.2 Å². The molecule has 8 nitrogen and oxygen atoms in total. The Morgan fingerprint density at radius 2 is 2.00 bits per heavy atom. The summed E-state index contributed by atoms with van der Waals surface area (Å²) in [6.07, 6.45) is 6.75. The number of pyridine rings is 1. The van der Waals surface area contributed by atoms with Crippen LogP contribution in [0.5, 0.6) is 11.9 Å². The molecule has 2 saturated heterocycles. The standard InChI is InChI=1S/C30H26F2N6O2.C2H6.H2/c31-19-13-30(9-4-11-37(30)15-19)17-40-29-35-26-23-27(36-29)38-12-10-33-14-20(38)16-39-28(23)34-25(24(26)32)22-8-3-6-18-5-1-2-7-21(18)22;1-2;/h1-3,5-8,10,12,14,19,33H,4,9,11,13,15-17H2;1-2H3;1H/t19-,30+;;/m1../s1. The fourth-order valence-electron chi connectivity index (χ4n) is 6.59. The van der Waals surface area contributed by atoms with Crippen LogP contribution in [0.1, 0.15) is 34.5 Å². The Labute approximate surface area is 244 Å². The number of halogens is 2. The summed E-state index contributed by atoms with van der Waals surface area (Å²) in [5, 5.41) is 5.29. The topological polar surface area (TPSA) is 75.6 Å². The molecule has 0 saturated carbocycles. The molecule has 4 aromatic rings. The van der Waals surface area contributed by atoms with E-state index in [1.54, 1.807) is 18.6 Å². The summed E-state index contributed by atoms with van der Waals surface area (Å²) in [4.78, 5) is 18.0. The van der Waals surface area contributed by atoms with Gasteiger partial charge in [0.25, 0.3) is 0 Å². The zero-order valence-corrected chi connectivity index (χ0v) is 23.6. The SMILES string of the molecule is CC.Fc1c(-c2cccc3ccccc23)nc2c3c(nc(OC[C@@]45CCCN4C[C@H](F)C5)nc13)N1C=CNC=C1CO2.[HH]. The first-order chi connectivity index (χ1) is 20.6. The highest BCUT2D eigenvalue weighted by molar-refractivity contribution is 6.01. The number of hydrogen-bond acceptors (Lipinski definition) is 8. The van der Waals surface area contributed by atoms with Gasteiger partial charge in [0, 0.05) is 38.6 Å². The number of fused-ring (bicyclic) bond motifs is 4. The molecule has 4 aliphatic heterocycles. The van der Waals surface area contributed by atoms with Crippen LogP contribution in [0.3, 0.4) is 0 Å². The molecule has 2 aromatic heterocycles. The van der Waals surface area contributed by atoms with Crippen molar-refractivity contribution >= 4 is 27.5 Å². The third-order valence-corrected chi connectivity index (χ3v) is 8.45. The quantitative estimate of drug-likeness (QED) is 0.304. The molecule has 2 atom stereocenters. The second-order valence-corrected chi connectivity index (χ2v) is 10.8. The predicted molar refractivity (Wildman–Crippen MR) is 161 cm³/mol. The van der Waals surface area contributed by atoms with Crippen molar-refractivity contribution in [3.63, 3.8) is 0 Å². The highest BCUT2D eigenvalue weighted by atomic mass is 19.1. The van der Waals surface area contributed by atoms with Gasteiger partial charge in [-0.05, 0) is 30.2 Å². The van der Waals surface area contributed by atoms with Crippen molar-refractivity contribution in [3.8, 4) is 23.1 Å². The Morgan fingerprint density at radius 3 is 2.90 bits per heavy atom. The van der Waals surface area contributed by atoms with Gasteiger partial charge >= 0.3 is 6.01 Å². The lowest BCUT2D eigenvalue weighted by atomic mass is 9.95. The van der Waals surface area contributed by atoms with E-state index in [2.05, 4.69) is 15.2 Å². The zero-order valence-electron chi connectivity index (χ0n) is 23.6. The third-order valence-electron chi connectivity index (χ3n) is 8.45. The molecule has 42 heavy (non-hydrogen) atoms. The average molecular weight is 573 g/mol. The van der Waals surface area contributed by atoms with Crippen molar-refractivity contribution < 1.29 is 19.7 Å². The number of rotatable bonds is 4. The minimum atomic E-state index is -0.878. The summed E-state index contributed by atoms with van der Waals surface area (Å²) in [6.45, 7) is 5.71. The van der Waals surface area contributed by atoms with E-state index >= 15 is 4.39 Å². The summed E-state index contributed by atoms with van der Waals surface area (Å²) in [6, 6.07) is 13.6. The lowest BCUT2D eigenvalue weighted by molar-refractivity contribution is 0.107. The molecular formula is C32H34F2N6O2. The van der Waals surface area contributed by atoms with Gasteiger partial charge in [0.15, 0.2) is 11.6 Å². The molecule has 0 bridgehead atoms. The Balaban J connectivity index is 0.00000108. The molecule has 0 spiro atoms. The van der Waals surface area contributed by atoms with Crippen molar-refractivity contribution in [2.45, 2.75) is 44.8 Å². The normalized spacial score (nSPS) is 22.4. The first-order valence-electron chi connectivity index (χ1n) is 14.5. The number of alkyl halides is 1. The van der Waals surface area contributed by atoms with Gasteiger partial charge in [-0.2, -0.15) is 9.97 Å². The molecule has 4 aliphatic rings. The molecule has 218 valence electrons. The van der Waals surface area contributed by atoms with Gasteiger partial charge in [-0.3, -0.25) is 9.80 Å². The van der Waals surface area contributed by atoms with Crippen molar-refractivity contribution in [2.24, 2.45) is 0 Å². The smallest absolute Gasteiger partial charge is 0.319 e. The number of anilines is 1. The van der Waals surface area contributed by atoms with Crippen LogP contribution in [-0.4, -0.2) is 57.9 Å². The maximum absolute atomic E-state index is 16.6. The first-order valence-corrected chi connectivity index (χ1v) is 14.5. The number of hydrogen-bond donors (Lipinski definition) is 1. The number of ether oxygens (including phenoxy) is 2. The number of aromatic nitrogens is 3. The minimum Gasteiger partial charge on any atom is -0.471 e. The molecule has 10 heteroatoms. The van der Waals surface area contributed by atoms with Crippen LogP contribution in [0.25, 0.3) is 32.9 Å². The van der Waals surface area contributed by atoms with E-state index in [9.17, 15) is 4.39 Å². The van der Waals surface area contributed by atoms with Crippen LogP contribution in [0, 0.1) is 5.82 Å². The van der Waals surface area contributed by atoms with E-state index in [4.69, 9.17) is 19.4 Å². The van der Waals surface area contributed by atoms with Gasteiger partial charge in [0.05, 0.1) is 11.2 Å². The highest BCUT2D eigenvalue weighted by Gasteiger charge is 2.49. The number of nitrogens with zero attached hydrogens (tertiary/aromatic N) is 5. The Hall–Kier alpha value is -4.31. The summed E-state index contributed by atoms with van der Waals surface area (Å²) < 4.78 is 43.3. The van der Waals surface area contributed by atoms with Crippen molar-refractivity contribution in [1.29, 1.82) is 0 Å². The second-order valence-electron chi connectivity index (χ2n) is 10.8. The Kier molecular flexibility index (Phi) is 6.65. The van der Waals surface area contributed by atoms with Crippen LogP contribution in [-0.2, 0) is 0 Å². The van der Waals surface area contributed by atoms with Gasteiger partial charge in [-0.1, -0.05) is 56.3 Å². The van der Waals surface area contributed by atoms with Gasteiger partial charge in [-0.15, -0.1) is 0 Å². The second kappa shape index (κ2) is 10.5. The van der Waals surface area contributed by atoms with Crippen molar-refractivity contribution in [3.05, 3.63) is 72.6 Å². The van der Waals surface area contributed by atoms with Crippen LogP contribution in [0.15, 0.2) is 66.8 Å². The van der Waals surface area contributed by atoms with Gasteiger partial charge in [0.1, 0.15) is 36.0 Å². The van der Waals surface area contributed by atoms with Crippen molar-refractivity contribution in [1.82, 2.24) is 25.2 Å². The molecule has 1 N–H and O–H groups in total. The first kappa shape index (κ1) is 26.6. The number of benzene rings is 2. The van der Waals surface area contributed by atoms with E-state index in [0.29, 0.717) is 29.7 Å².